The molecule has 0 atom stereocenters. The molecule has 4 aromatic rings. The highest BCUT2D eigenvalue weighted by Gasteiger charge is 2.15. The van der Waals surface area contributed by atoms with Crippen LogP contribution in [0, 0.1) is 0 Å². The third-order valence-corrected chi connectivity index (χ3v) is 5.01. The number of hydrogen-bond donors (Lipinski definition) is 0. The van der Waals surface area contributed by atoms with E-state index in [-0.39, 0.29) is 0 Å². The third kappa shape index (κ3) is 3.51. The molecule has 0 N–H and O–H groups in total. The van der Waals surface area contributed by atoms with Gasteiger partial charge in [-0.25, -0.2) is 4.98 Å². The molecule has 0 bridgehead atoms. The predicted molar refractivity (Wildman–Crippen MR) is 104 cm³/mol. The Balaban J connectivity index is 1.62. The van der Waals surface area contributed by atoms with Crippen LogP contribution in [0.25, 0.3) is 33.6 Å². The fourth-order valence-corrected chi connectivity index (χ4v) is 3.43. The molecule has 0 amide bonds. The molecule has 0 aliphatic carbocycles. The van der Waals surface area contributed by atoms with E-state index in [1.165, 1.54) is 11.3 Å². The van der Waals surface area contributed by atoms with Crippen molar-refractivity contribution in [2.45, 2.75) is 0 Å². The first-order valence-electron chi connectivity index (χ1n) is 7.95. The molecule has 0 saturated carbocycles. The van der Waals surface area contributed by atoms with Crippen LogP contribution in [0.4, 0.5) is 0 Å². The summed E-state index contributed by atoms with van der Waals surface area (Å²) >= 11 is 7.39. The van der Waals surface area contributed by atoms with Crippen molar-refractivity contribution in [3.8, 4) is 45.1 Å². The second-order valence-electron chi connectivity index (χ2n) is 5.53. The van der Waals surface area contributed by atoms with Crippen LogP contribution in [0.2, 0.25) is 5.02 Å². The van der Waals surface area contributed by atoms with Crippen molar-refractivity contribution in [2.75, 3.05) is 14.2 Å². The normalized spacial score (nSPS) is 10.8. The monoisotopic (exact) mass is 399 g/mol. The maximum Gasteiger partial charge on any atom is 0.267 e. The highest BCUT2D eigenvalue weighted by Crippen LogP contribution is 2.35. The maximum atomic E-state index is 5.91. The zero-order valence-corrected chi connectivity index (χ0v) is 16.0. The van der Waals surface area contributed by atoms with E-state index in [1.807, 2.05) is 35.7 Å². The fourth-order valence-electron chi connectivity index (χ4n) is 2.51. The Kier molecular flexibility index (Phi) is 4.79. The maximum absolute atomic E-state index is 5.91. The van der Waals surface area contributed by atoms with Gasteiger partial charge in [-0.15, -0.1) is 21.5 Å². The van der Waals surface area contributed by atoms with E-state index in [1.54, 1.807) is 26.4 Å². The van der Waals surface area contributed by atoms with Gasteiger partial charge in [-0.2, -0.15) is 0 Å². The van der Waals surface area contributed by atoms with Gasteiger partial charge in [0.2, 0.25) is 5.89 Å². The number of ether oxygens (including phenoxy) is 2. The number of aromatic nitrogens is 3. The Morgan fingerprint density at radius 2 is 1.59 bits per heavy atom. The van der Waals surface area contributed by atoms with E-state index in [4.69, 9.17) is 25.5 Å². The van der Waals surface area contributed by atoms with Crippen LogP contribution in [0.15, 0.2) is 52.3 Å². The van der Waals surface area contributed by atoms with Crippen molar-refractivity contribution >= 4 is 22.9 Å². The molecule has 2 aromatic carbocycles. The van der Waals surface area contributed by atoms with Crippen LogP contribution in [0.1, 0.15) is 0 Å². The van der Waals surface area contributed by atoms with Crippen molar-refractivity contribution in [1.29, 1.82) is 0 Å². The quantitative estimate of drug-likeness (QED) is 0.459. The Labute approximate surface area is 164 Å². The zero-order valence-electron chi connectivity index (χ0n) is 14.5. The summed E-state index contributed by atoms with van der Waals surface area (Å²) in [7, 11) is 3.21. The van der Waals surface area contributed by atoms with Crippen LogP contribution in [-0.2, 0) is 0 Å². The molecule has 136 valence electrons. The molecule has 0 unspecified atom stereocenters. The van der Waals surface area contributed by atoms with Crippen LogP contribution < -0.4 is 9.47 Å². The number of halogens is 1. The lowest BCUT2D eigenvalue weighted by molar-refractivity contribution is 0.355. The lowest BCUT2D eigenvalue weighted by atomic mass is 10.2. The Morgan fingerprint density at radius 1 is 0.889 bits per heavy atom. The van der Waals surface area contributed by atoms with Gasteiger partial charge in [0, 0.05) is 21.5 Å². The molecule has 8 heteroatoms. The topological polar surface area (TPSA) is 70.3 Å². The van der Waals surface area contributed by atoms with Gasteiger partial charge in [0.15, 0.2) is 11.5 Å². The molecule has 0 fully saturated rings. The summed E-state index contributed by atoms with van der Waals surface area (Å²) in [6.45, 7) is 0. The minimum Gasteiger partial charge on any atom is -0.493 e. The first-order valence-corrected chi connectivity index (χ1v) is 9.21. The van der Waals surface area contributed by atoms with Crippen LogP contribution >= 0.6 is 22.9 Å². The number of hydrogen-bond acceptors (Lipinski definition) is 7. The SMILES string of the molecule is COc1ccc(-c2nc(-c3nnc(-c4ccc(Cl)cc4)o3)cs2)cc1OC. The minimum atomic E-state index is 0.364. The fraction of sp³-hybridized carbons (Fsp3) is 0.105. The van der Waals surface area contributed by atoms with Gasteiger partial charge in [-0.1, -0.05) is 11.6 Å². The summed E-state index contributed by atoms with van der Waals surface area (Å²) in [4.78, 5) is 4.61. The molecule has 2 aromatic heterocycles. The number of benzene rings is 2. The van der Waals surface area contributed by atoms with Gasteiger partial charge in [0.1, 0.15) is 10.7 Å². The van der Waals surface area contributed by atoms with Crippen molar-refractivity contribution in [3.63, 3.8) is 0 Å². The van der Waals surface area contributed by atoms with E-state index in [9.17, 15) is 0 Å². The van der Waals surface area contributed by atoms with Gasteiger partial charge in [-0.05, 0) is 42.5 Å². The lowest BCUT2D eigenvalue weighted by Gasteiger charge is -2.08. The van der Waals surface area contributed by atoms with E-state index < -0.39 is 0 Å². The van der Waals surface area contributed by atoms with Gasteiger partial charge in [-0.3, -0.25) is 0 Å². The summed E-state index contributed by atoms with van der Waals surface area (Å²) in [5.41, 5.74) is 2.34. The minimum absolute atomic E-state index is 0.364. The lowest BCUT2D eigenvalue weighted by Crippen LogP contribution is -1.90. The molecule has 27 heavy (non-hydrogen) atoms. The van der Waals surface area contributed by atoms with Crippen molar-refractivity contribution < 1.29 is 13.9 Å². The van der Waals surface area contributed by atoms with Gasteiger partial charge >= 0.3 is 0 Å². The summed E-state index contributed by atoms with van der Waals surface area (Å²) in [5, 5.41) is 11.5. The zero-order chi connectivity index (χ0) is 18.8. The number of methoxy groups -OCH3 is 2. The molecule has 6 nitrogen and oxygen atoms in total. The highest BCUT2D eigenvalue weighted by molar-refractivity contribution is 7.13. The Hall–Kier alpha value is -2.90. The molecular formula is C19H14ClN3O3S. The van der Waals surface area contributed by atoms with E-state index >= 15 is 0 Å². The first-order chi connectivity index (χ1) is 13.2. The summed E-state index contributed by atoms with van der Waals surface area (Å²) in [6.07, 6.45) is 0. The van der Waals surface area contributed by atoms with Crippen molar-refractivity contribution in [3.05, 3.63) is 52.9 Å². The summed E-state index contributed by atoms with van der Waals surface area (Å²) in [5.74, 6) is 2.10. The number of thiazole rings is 1. The van der Waals surface area contributed by atoms with E-state index in [0.717, 1.165) is 16.1 Å². The second kappa shape index (κ2) is 7.38. The molecular weight excluding hydrogens is 386 g/mol. The molecule has 0 radical (unpaired) electrons. The Morgan fingerprint density at radius 3 is 2.33 bits per heavy atom. The van der Waals surface area contributed by atoms with Crippen LogP contribution in [0.3, 0.4) is 0 Å². The largest absolute Gasteiger partial charge is 0.493 e. The van der Waals surface area contributed by atoms with Gasteiger partial charge < -0.3 is 13.9 Å². The van der Waals surface area contributed by atoms with Crippen molar-refractivity contribution in [2.24, 2.45) is 0 Å². The van der Waals surface area contributed by atoms with E-state index in [0.29, 0.717) is 34.0 Å². The third-order valence-electron chi connectivity index (χ3n) is 3.87. The molecule has 0 aliphatic rings. The van der Waals surface area contributed by atoms with Crippen LogP contribution in [-0.4, -0.2) is 29.4 Å². The summed E-state index contributed by atoms with van der Waals surface area (Å²) < 4.78 is 16.4. The molecule has 0 spiro atoms. The van der Waals surface area contributed by atoms with Gasteiger partial charge in [0.25, 0.3) is 5.89 Å². The van der Waals surface area contributed by atoms with Crippen LogP contribution in [0.5, 0.6) is 11.5 Å². The standard InChI is InChI=1S/C19H14ClN3O3S/c1-24-15-8-5-12(9-16(15)25-2)19-21-14(10-27-19)18-23-22-17(26-18)11-3-6-13(20)7-4-11/h3-10H,1-2H3. The first kappa shape index (κ1) is 17.5. The molecule has 0 saturated heterocycles. The highest BCUT2D eigenvalue weighted by atomic mass is 35.5. The molecule has 4 rings (SSSR count). The van der Waals surface area contributed by atoms with E-state index in [2.05, 4.69) is 15.2 Å². The summed E-state index contributed by atoms with van der Waals surface area (Å²) in [6, 6.07) is 12.9. The average molecular weight is 400 g/mol. The number of rotatable bonds is 5. The molecule has 2 heterocycles. The van der Waals surface area contributed by atoms with Gasteiger partial charge in [0.05, 0.1) is 14.2 Å². The average Bonchev–Trinajstić information content (AvgIpc) is 3.37. The molecule has 0 aliphatic heterocycles. The van der Waals surface area contributed by atoms with Crippen molar-refractivity contribution in [1.82, 2.24) is 15.2 Å². The smallest absolute Gasteiger partial charge is 0.267 e. The Bertz CT molecular complexity index is 1080. The second-order valence-corrected chi connectivity index (χ2v) is 6.82. The predicted octanol–water partition coefficient (Wildman–Crippen LogP) is 5.20. The number of nitrogens with zero attached hydrogens (tertiary/aromatic N) is 3.